The predicted molar refractivity (Wildman–Crippen MR) is 318 cm³/mol. The Hall–Kier alpha value is -6.51. The molecular formula is C64H94N8O12. The van der Waals surface area contributed by atoms with Crippen molar-refractivity contribution in [2.75, 3.05) is 46.3 Å². The van der Waals surface area contributed by atoms with Crippen LogP contribution in [0.15, 0.2) is 66.7 Å². The number of hydrogen-bond donors (Lipinski definition) is 5. The van der Waals surface area contributed by atoms with Crippen molar-refractivity contribution in [3.05, 3.63) is 77.9 Å². The lowest BCUT2D eigenvalue weighted by Crippen LogP contribution is -2.60. The van der Waals surface area contributed by atoms with E-state index in [0.717, 1.165) is 30.4 Å². The number of piperidine rings is 1. The van der Waals surface area contributed by atoms with Crippen LogP contribution >= 0.6 is 0 Å². The van der Waals surface area contributed by atoms with Gasteiger partial charge in [-0.3, -0.25) is 48.1 Å². The van der Waals surface area contributed by atoms with Gasteiger partial charge in [-0.15, -0.1) is 0 Å². The summed E-state index contributed by atoms with van der Waals surface area (Å²) in [4.78, 5) is 129. The first-order chi connectivity index (χ1) is 40.2. The van der Waals surface area contributed by atoms with Crippen LogP contribution in [-0.4, -0.2) is 167 Å². The molecule has 20 heteroatoms. The second-order valence-electron chi connectivity index (χ2n) is 24.0. The lowest BCUT2D eigenvalue weighted by Gasteiger charge is -2.41. The summed E-state index contributed by atoms with van der Waals surface area (Å²) in [6, 6.07) is 12.7. The lowest BCUT2D eigenvalue weighted by atomic mass is 9.89. The van der Waals surface area contributed by atoms with Gasteiger partial charge in [0.1, 0.15) is 18.1 Å². The van der Waals surface area contributed by atoms with Gasteiger partial charge in [-0.2, -0.15) is 0 Å². The molecule has 3 aliphatic heterocycles. The molecule has 2 saturated heterocycles. The molecule has 9 amide bonds. The number of amides is 9. The average Bonchev–Trinajstić information content (AvgIpc) is 1.99. The Labute approximate surface area is 496 Å². The molecule has 0 radical (unpaired) electrons. The topological polar surface area (TPSA) is 253 Å². The highest BCUT2D eigenvalue weighted by Crippen LogP contribution is 2.47. The van der Waals surface area contributed by atoms with Crippen LogP contribution in [0.25, 0.3) is 0 Å². The first kappa shape index (κ1) is 66.6. The Morgan fingerprint density at radius 2 is 1.45 bits per heavy atom. The van der Waals surface area contributed by atoms with Crippen LogP contribution < -0.4 is 21.3 Å². The Bertz CT molecular complexity index is 2580. The van der Waals surface area contributed by atoms with E-state index >= 15 is 0 Å². The first-order valence-corrected chi connectivity index (χ1v) is 30.6. The van der Waals surface area contributed by atoms with E-state index in [0.29, 0.717) is 83.0 Å². The molecule has 2 aromatic rings. The quantitative estimate of drug-likeness (QED) is 0.0427. The number of nitrogens with one attached hydrogen (secondary N) is 4. The average molecular weight is 1170 g/mol. The number of carbonyl (C=O) groups is 9. The summed E-state index contributed by atoms with van der Waals surface area (Å²) in [5, 5.41) is 21.2. The fraction of sp³-hybridized carbons (Fsp3) is 0.641. The van der Waals surface area contributed by atoms with Crippen molar-refractivity contribution >= 4 is 58.9 Å². The van der Waals surface area contributed by atoms with Gasteiger partial charge in [-0.05, 0) is 98.3 Å². The molecule has 12 atom stereocenters. The standard InChI is InChI=1S/C64H94N8O12/c1-10-41(4)58(69(7)64(82)57(40(2)3)68-63(81)59-47-30-31-49(42(47)5)72(59)55(77)25-17-13-19-36-73)51(83-8)38-56(78)70-35-20-23-50(70)60(84-9)43(6)61(79)67-48(37-44-21-14-11-15-22-44)62(80)66-46-28-26-45(27-29-46)39-65-52(74)24-16-12-18-34-71-53(75)32-33-54(71)76/h11,14-15,21-22,26-29,32-33,40-43,47-51,57-60,73H,10,12-13,16-20,23-25,30-31,34-39H2,1-9H3,(H,65,74)(H,66,80)(H,67,79)(H,68,81)/t41-,42-,43+,47-,48-,49-,50-,51+,57-,58-,59-,60+/m0/s1. The molecule has 2 bridgehead atoms. The van der Waals surface area contributed by atoms with Crippen molar-refractivity contribution in [1.29, 1.82) is 0 Å². The Balaban J connectivity index is 1.06. The molecule has 20 nitrogen and oxygen atoms in total. The van der Waals surface area contributed by atoms with Crippen LogP contribution in [0.4, 0.5) is 5.69 Å². The smallest absolute Gasteiger partial charge is 0.253 e. The number of fused-ring (bicyclic) bond motifs is 2. The molecule has 84 heavy (non-hydrogen) atoms. The molecule has 462 valence electrons. The van der Waals surface area contributed by atoms with Crippen molar-refractivity contribution in [1.82, 2.24) is 35.6 Å². The number of nitrogens with zero attached hydrogens (tertiary/aromatic N) is 4. The Morgan fingerprint density at radius 1 is 0.774 bits per heavy atom. The van der Waals surface area contributed by atoms with Crippen LogP contribution in [0.3, 0.4) is 0 Å². The molecule has 1 aliphatic carbocycles. The number of likely N-dealkylation sites (N-methyl/N-ethyl adjacent to an activating group) is 1. The summed E-state index contributed by atoms with van der Waals surface area (Å²) >= 11 is 0. The highest BCUT2D eigenvalue weighted by molar-refractivity contribution is 6.12. The maximum atomic E-state index is 14.8. The van der Waals surface area contributed by atoms with Gasteiger partial charge in [-0.1, -0.05) is 103 Å². The number of unbranched alkanes of at least 4 members (excludes halogenated alkanes) is 4. The number of hydrogen-bond acceptors (Lipinski definition) is 12. The molecule has 4 aliphatic rings. The van der Waals surface area contributed by atoms with Gasteiger partial charge in [-0.25, -0.2) is 0 Å². The summed E-state index contributed by atoms with van der Waals surface area (Å²) in [6.07, 6.45) is 9.16. The molecule has 6 rings (SSSR count). The van der Waals surface area contributed by atoms with E-state index in [-0.39, 0.29) is 97.1 Å². The zero-order chi connectivity index (χ0) is 61.2. The Morgan fingerprint density at radius 3 is 2.10 bits per heavy atom. The number of ether oxygens (including phenoxy) is 2. The molecule has 3 heterocycles. The zero-order valence-electron chi connectivity index (χ0n) is 51.0. The summed E-state index contributed by atoms with van der Waals surface area (Å²) in [5.41, 5.74) is 2.13. The van der Waals surface area contributed by atoms with Crippen LogP contribution in [0.2, 0.25) is 0 Å². The number of benzene rings is 2. The monoisotopic (exact) mass is 1170 g/mol. The minimum Gasteiger partial charge on any atom is -0.396 e. The number of likely N-dealkylation sites (tertiary alicyclic amines) is 2. The van der Waals surface area contributed by atoms with E-state index in [1.807, 2.05) is 58.0 Å². The van der Waals surface area contributed by atoms with Crippen molar-refractivity contribution in [2.45, 2.75) is 193 Å². The SMILES string of the molecule is CC[C@H](C)[C@@H]([C@@H](CC(=O)N1CCC[C@H]1[C@H](OC)[C@@H](C)C(=O)N[C@@H](Cc1ccccc1)C(=O)Nc1ccc(CNC(=O)CCCCCN2C(=O)C=CC2=O)cc1)OC)N(C)C(=O)[C@@H](NC(=O)[C@@H]1[C@H]2CC[C@@H]([C@H]2C)N1C(=O)CCCCCO)C(C)C. The minimum absolute atomic E-state index is 0.0158. The molecule has 5 N–H and O–H groups in total. The van der Waals surface area contributed by atoms with E-state index in [4.69, 9.17) is 9.47 Å². The summed E-state index contributed by atoms with van der Waals surface area (Å²) in [7, 11) is 4.74. The molecular weight excluding hydrogens is 1070 g/mol. The molecule has 0 unspecified atom stereocenters. The molecule has 3 fully saturated rings. The molecule has 1 saturated carbocycles. The maximum Gasteiger partial charge on any atom is 0.253 e. The molecule has 0 aromatic heterocycles. The van der Waals surface area contributed by atoms with Crippen LogP contribution in [-0.2, 0) is 65.6 Å². The lowest BCUT2D eigenvalue weighted by molar-refractivity contribution is -0.149. The number of imide groups is 1. The van der Waals surface area contributed by atoms with Crippen molar-refractivity contribution in [3.63, 3.8) is 0 Å². The number of aliphatic hydroxyl groups excluding tert-OH is 1. The largest absolute Gasteiger partial charge is 0.396 e. The van der Waals surface area contributed by atoms with Crippen LogP contribution in [0, 0.1) is 29.6 Å². The fourth-order valence-corrected chi connectivity index (χ4v) is 13.0. The third-order valence-corrected chi connectivity index (χ3v) is 18.0. The zero-order valence-corrected chi connectivity index (χ0v) is 51.0. The molecule has 2 aromatic carbocycles. The van der Waals surface area contributed by atoms with E-state index in [2.05, 4.69) is 28.2 Å². The van der Waals surface area contributed by atoms with E-state index in [9.17, 15) is 48.3 Å². The van der Waals surface area contributed by atoms with Gasteiger partial charge in [0, 0.05) is 90.7 Å². The molecule has 0 spiro atoms. The number of methoxy groups -OCH3 is 2. The van der Waals surface area contributed by atoms with Gasteiger partial charge in [0.05, 0.1) is 36.6 Å². The van der Waals surface area contributed by atoms with E-state index in [1.54, 1.807) is 52.9 Å². The van der Waals surface area contributed by atoms with E-state index < -0.39 is 60.1 Å². The Kier molecular flexibility index (Phi) is 25.5. The third-order valence-electron chi connectivity index (χ3n) is 18.0. The third kappa shape index (κ3) is 17.1. The summed E-state index contributed by atoms with van der Waals surface area (Å²) in [6.45, 7) is 12.7. The number of rotatable bonds is 33. The van der Waals surface area contributed by atoms with Crippen molar-refractivity contribution in [2.24, 2.45) is 29.6 Å². The second-order valence-corrected chi connectivity index (χ2v) is 24.0. The van der Waals surface area contributed by atoms with E-state index in [1.165, 1.54) is 31.3 Å². The van der Waals surface area contributed by atoms with Gasteiger partial charge in [0.25, 0.3) is 11.8 Å². The predicted octanol–water partition coefficient (Wildman–Crippen LogP) is 5.69. The van der Waals surface area contributed by atoms with Crippen molar-refractivity contribution < 1.29 is 57.7 Å². The summed E-state index contributed by atoms with van der Waals surface area (Å²) < 4.78 is 12.2. The first-order valence-electron chi connectivity index (χ1n) is 30.6. The number of anilines is 1. The maximum absolute atomic E-state index is 14.8. The van der Waals surface area contributed by atoms with Gasteiger partial charge >= 0.3 is 0 Å². The van der Waals surface area contributed by atoms with Crippen molar-refractivity contribution in [3.8, 4) is 0 Å². The van der Waals surface area contributed by atoms with Crippen LogP contribution in [0.1, 0.15) is 143 Å². The number of carbonyl (C=O) groups excluding carboxylic acids is 9. The normalized spacial score (nSPS) is 21.7. The minimum atomic E-state index is -0.991. The van der Waals surface area contributed by atoms with Gasteiger partial charge in [0.15, 0.2) is 0 Å². The van der Waals surface area contributed by atoms with Gasteiger partial charge in [0.2, 0.25) is 41.4 Å². The van der Waals surface area contributed by atoms with Gasteiger partial charge < -0.3 is 50.5 Å². The highest BCUT2D eigenvalue weighted by atomic mass is 16.5. The second kappa shape index (κ2) is 32.1. The number of aliphatic hydroxyl groups is 1. The summed E-state index contributed by atoms with van der Waals surface area (Å²) in [5.74, 6) is -3.68. The highest BCUT2D eigenvalue weighted by Gasteiger charge is 2.56. The van der Waals surface area contributed by atoms with Crippen LogP contribution in [0.5, 0.6) is 0 Å². The fourth-order valence-electron chi connectivity index (χ4n) is 13.0.